The number of anilines is 1. The van der Waals surface area contributed by atoms with E-state index in [1.165, 1.54) is 6.33 Å². The molecular weight excluding hydrogens is 242 g/mol. The van der Waals surface area contributed by atoms with Gasteiger partial charge in [-0.15, -0.1) is 0 Å². The number of aromatic nitrogens is 6. The summed E-state index contributed by atoms with van der Waals surface area (Å²) in [6.07, 6.45) is 6.56. The number of nitrogens with two attached hydrogens (primary N) is 1. The Kier molecular flexibility index (Phi) is 2.52. The highest BCUT2D eigenvalue weighted by atomic mass is 15.3. The Hall–Kier alpha value is -2.70. The third kappa shape index (κ3) is 1.85. The minimum atomic E-state index is 0.465. The molecule has 0 amide bonds. The number of imidazole rings is 1. The number of aryl methyl sites for hydroxylation is 2. The Bertz CT molecular complexity index is 712. The normalized spacial score (nSPS) is 10.8. The lowest BCUT2D eigenvalue weighted by Gasteiger charge is -2.10. The summed E-state index contributed by atoms with van der Waals surface area (Å²) in [5.74, 6) is 1.17. The first-order valence-corrected chi connectivity index (χ1v) is 5.79. The molecule has 3 rings (SSSR count). The number of hydrogen-bond acceptors (Lipinski definition) is 5. The minimum Gasteiger partial charge on any atom is -0.393 e. The van der Waals surface area contributed by atoms with E-state index in [0.29, 0.717) is 17.3 Å². The summed E-state index contributed by atoms with van der Waals surface area (Å²) < 4.78 is 3.46. The van der Waals surface area contributed by atoms with Crippen molar-refractivity contribution in [2.24, 2.45) is 0 Å². The predicted molar refractivity (Wildman–Crippen MR) is 70.2 cm³/mol. The lowest BCUT2D eigenvalue weighted by molar-refractivity contribution is 0.798. The quantitative estimate of drug-likeness (QED) is 0.739. The van der Waals surface area contributed by atoms with Gasteiger partial charge >= 0.3 is 0 Å². The van der Waals surface area contributed by atoms with Crippen molar-refractivity contribution < 1.29 is 0 Å². The second-order valence-electron chi connectivity index (χ2n) is 4.24. The Morgan fingerprint density at radius 1 is 1.16 bits per heavy atom. The molecule has 7 heteroatoms. The molecule has 0 spiro atoms. The Morgan fingerprint density at radius 3 is 2.58 bits per heavy atom. The van der Waals surface area contributed by atoms with Crippen molar-refractivity contribution in [3.8, 4) is 11.6 Å². The van der Waals surface area contributed by atoms with E-state index < -0.39 is 0 Å². The van der Waals surface area contributed by atoms with Crippen molar-refractivity contribution in [1.82, 2.24) is 29.3 Å². The van der Waals surface area contributed by atoms with Crippen LogP contribution in [0, 0.1) is 13.8 Å². The topological polar surface area (TPSA) is 87.4 Å². The average Bonchev–Trinajstić information content (AvgIpc) is 2.99. The van der Waals surface area contributed by atoms with Crippen LogP contribution < -0.4 is 5.73 Å². The molecule has 3 aromatic heterocycles. The fraction of sp³-hybridized carbons (Fsp3) is 0.167. The van der Waals surface area contributed by atoms with Gasteiger partial charge in [-0.3, -0.25) is 4.57 Å². The van der Waals surface area contributed by atoms with E-state index in [2.05, 4.69) is 20.1 Å². The second-order valence-corrected chi connectivity index (χ2v) is 4.24. The van der Waals surface area contributed by atoms with Gasteiger partial charge in [-0.1, -0.05) is 0 Å². The lowest BCUT2D eigenvalue weighted by Crippen LogP contribution is -2.10. The van der Waals surface area contributed by atoms with E-state index in [9.17, 15) is 0 Å². The molecule has 96 valence electrons. The largest absolute Gasteiger partial charge is 0.393 e. The van der Waals surface area contributed by atoms with Gasteiger partial charge in [0, 0.05) is 18.1 Å². The molecule has 0 aliphatic heterocycles. The molecule has 0 unspecified atom stereocenters. The van der Waals surface area contributed by atoms with Crippen LogP contribution in [0.2, 0.25) is 0 Å². The van der Waals surface area contributed by atoms with Gasteiger partial charge in [0.25, 0.3) is 0 Å². The van der Waals surface area contributed by atoms with Crippen molar-refractivity contribution in [1.29, 1.82) is 0 Å². The molecule has 0 saturated heterocycles. The second kappa shape index (κ2) is 4.20. The molecule has 0 aliphatic rings. The summed E-state index contributed by atoms with van der Waals surface area (Å²) in [7, 11) is 0. The smallest absolute Gasteiger partial charge is 0.182 e. The first-order valence-electron chi connectivity index (χ1n) is 5.79. The summed E-state index contributed by atoms with van der Waals surface area (Å²) in [6, 6.07) is 1.97. The SMILES string of the molecule is Cc1cc(C)n(-c2ncnc(-n3ccnc3)c2N)n1. The molecule has 0 aromatic carbocycles. The van der Waals surface area contributed by atoms with E-state index in [1.54, 1.807) is 28.0 Å². The average molecular weight is 255 g/mol. The third-order valence-electron chi connectivity index (χ3n) is 2.80. The van der Waals surface area contributed by atoms with E-state index in [-0.39, 0.29) is 0 Å². The van der Waals surface area contributed by atoms with Gasteiger partial charge < -0.3 is 5.73 Å². The zero-order chi connectivity index (χ0) is 13.4. The summed E-state index contributed by atoms with van der Waals surface area (Å²) in [4.78, 5) is 12.4. The zero-order valence-electron chi connectivity index (χ0n) is 10.6. The summed E-state index contributed by atoms with van der Waals surface area (Å²) in [5.41, 5.74) is 8.50. The van der Waals surface area contributed by atoms with Gasteiger partial charge in [0.15, 0.2) is 11.6 Å². The molecule has 2 N–H and O–H groups in total. The number of rotatable bonds is 2. The van der Waals surface area contributed by atoms with Crippen molar-refractivity contribution in [2.45, 2.75) is 13.8 Å². The maximum atomic E-state index is 6.15. The number of nitrogen functional groups attached to an aromatic ring is 1. The van der Waals surface area contributed by atoms with E-state index in [1.807, 2.05) is 19.9 Å². The van der Waals surface area contributed by atoms with Crippen molar-refractivity contribution in [2.75, 3.05) is 5.73 Å². The maximum Gasteiger partial charge on any atom is 0.182 e. The van der Waals surface area contributed by atoms with Crippen LogP contribution >= 0.6 is 0 Å². The van der Waals surface area contributed by atoms with Crippen molar-refractivity contribution >= 4 is 5.69 Å². The molecule has 0 bridgehead atoms. The molecule has 0 radical (unpaired) electrons. The van der Waals surface area contributed by atoms with Crippen LogP contribution in [0.25, 0.3) is 11.6 Å². The molecule has 3 heterocycles. The summed E-state index contributed by atoms with van der Waals surface area (Å²) in [6.45, 7) is 3.89. The minimum absolute atomic E-state index is 0.465. The predicted octanol–water partition coefficient (Wildman–Crippen LogP) is 1.05. The first-order chi connectivity index (χ1) is 9.16. The van der Waals surface area contributed by atoms with Gasteiger partial charge in [0.05, 0.1) is 5.69 Å². The Morgan fingerprint density at radius 2 is 1.95 bits per heavy atom. The highest BCUT2D eigenvalue weighted by Crippen LogP contribution is 2.21. The van der Waals surface area contributed by atoms with Crippen molar-refractivity contribution in [3.05, 3.63) is 42.5 Å². The Labute approximate surface area is 109 Å². The molecule has 0 fully saturated rings. The summed E-state index contributed by atoms with van der Waals surface area (Å²) in [5, 5.41) is 4.39. The van der Waals surface area contributed by atoms with Crippen molar-refractivity contribution in [3.63, 3.8) is 0 Å². The first kappa shape index (κ1) is 11.4. The van der Waals surface area contributed by atoms with Crippen LogP contribution in [-0.2, 0) is 0 Å². The number of nitrogens with zero attached hydrogens (tertiary/aromatic N) is 6. The zero-order valence-corrected chi connectivity index (χ0v) is 10.6. The maximum absolute atomic E-state index is 6.15. The number of hydrogen-bond donors (Lipinski definition) is 1. The van der Waals surface area contributed by atoms with E-state index >= 15 is 0 Å². The monoisotopic (exact) mass is 255 g/mol. The van der Waals surface area contributed by atoms with Crippen LogP contribution in [0.5, 0.6) is 0 Å². The fourth-order valence-electron chi connectivity index (χ4n) is 1.98. The van der Waals surface area contributed by atoms with Crippen LogP contribution in [0.3, 0.4) is 0 Å². The van der Waals surface area contributed by atoms with E-state index in [4.69, 9.17) is 5.73 Å². The summed E-state index contributed by atoms with van der Waals surface area (Å²) >= 11 is 0. The van der Waals surface area contributed by atoms with Crippen LogP contribution in [0.4, 0.5) is 5.69 Å². The highest BCUT2D eigenvalue weighted by Gasteiger charge is 2.13. The standard InChI is InChI=1S/C12H13N7/c1-8-5-9(2)19(17-8)12-10(13)11(15-6-16-12)18-4-3-14-7-18/h3-7H,13H2,1-2H3. The van der Waals surface area contributed by atoms with Crippen LogP contribution in [-0.4, -0.2) is 29.3 Å². The molecular formula is C12H13N7. The van der Waals surface area contributed by atoms with Gasteiger partial charge in [-0.2, -0.15) is 5.10 Å². The van der Waals surface area contributed by atoms with Crippen LogP contribution in [0.15, 0.2) is 31.1 Å². The van der Waals surface area contributed by atoms with Gasteiger partial charge in [-0.05, 0) is 19.9 Å². The highest BCUT2D eigenvalue weighted by molar-refractivity contribution is 5.63. The lowest BCUT2D eigenvalue weighted by atomic mass is 10.4. The third-order valence-corrected chi connectivity index (χ3v) is 2.80. The Balaban J connectivity index is 2.19. The molecule has 0 saturated carbocycles. The van der Waals surface area contributed by atoms with E-state index in [0.717, 1.165) is 11.4 Å². The van der Waals surface area contributed by atoms with Gasteiger partial charge in [-0.25, -0.2) is 19.6 Å². The molecule has 0 aliphatic carbocycles. The fourth-order valence-corrected chi connectivity index (χ4v) is 1.98. The van der Waals surface area contributed by atoms with Gasteiger partial charge in [0.2, 0.25) is 0 Å². The van der Waals surface area contributed by atoms with Gasteiger partial charge in [0.1, 0.15) is 18.3 Å². The molecule has 19 heavy (non-hydrogen) atoms. The molecule has 3 aromatic rings. The van der Waals surface area contributed by atoms with Crippen LogP contribution in [0.1, 0.15) is 11.4 Å². The molecule has 0 atom stereocenters. The molecule has 7 nitrogen and oxygen atoms in total.